The van der Waals surface area contributed by atoms with Crippen LogP contribution in [0.5, 0.6) is 0 Å². The molecule has 0 aromatic heterocycles. The van der Waals surface area contributed by atoms with E-state index in [1.807, 2.05) is 24.3 Å². The maximum Gasteiger partial charge on any atom is 0.0991 e. The summed E-state index contributed by atoms with van der Waals surface area (Å²) in [5.74, 6) is 0. The lowest BCUT2D eigenvalue weighted by Crippen LogP contribution is -2.38. The number of benzene rings is 1. The lowest BCUT2D eigenvalue weighted by Gasteiger charge is -2.31. The van der Waals surface area contributed by atoms with E-state index in [-0.39, 0.29) is 5.41 Å². The predicted octanol–water partition coefficient (Wildman–Crippen LogP) is 2.76. The molecule has 0 saturated heterocycles. The topological polar surface area (TPSA) is 53.0 Å². The van der Waals surface area contributed by atoms with Crippen molar-refractivity contribution in [3.63, 3.8) is 0 Å². The van der Waals surface area contributed by atoms with Gasteiger partial charge in [-0.3, -0.25) is 4.90 Å². The van der Waals surface area contributed by atoms with Crippen molar-refractivity contribution < 1.29 is 0 Å². The van der Waals surface area contributed by atoms with E-state index in [9.17, 15) is 0 Å². The van der Waals surface area contributed by atoms with E-state index in [0.29, 0.717) is 12.1 Å². The molecule has 0 radical (unpaired) electrons. The highest BCUT2D eigenvalue weighted by molar-refractivity contribution is 5.31. The maximum absolute atomic E-state index is 8.81. The first-order chi connectivity index (χ1) is 9.00. The fourth-order valence-corrected chi connectivity index (χ4v) is 2.14. The van der Waals surface area contributed by atoms with Crippen molar-refractivity contribution in [1.29, 1.82) is 5.26 Å². The molecular weight excluding hydrogens is 234 g/mol. The van der Waals surface area contributed by atoms with E-state index < -0.39 is 0 Å². The van der Waals surface area contributed by atoms with Gasteiger partial charge in [0.1, 0.15) is 0 Å². The van der Waals surface area contributed by atoms with E-state index >= 15 is 0 Å². The van der Waals surface area contributed by atoms with E-state index in [4.69, 9.17) is 11.0 Å². The van der Waals surface area contributed by atoms with E-state index in [1.165, 1.54) is 5.56 Å². The zero-order chi connectivity index (χ0) is 14.3. The summed E-state index contributed by atoms with van der Waals surface area (Å²) in [6.07, 6.45) is 1.14. The second-order valence-electron chi connectivity index (χ2n) is 5.89. The van der Waals surface area contributed by atoms with Gasteiger partial charge in [-0.25, -0.2) is 0 Å². The molecule has 0 heterocycles. The van der Waals surface area contributed by atoms with E-state index in [0.717, 1.165) is 26.1 Å². The molecule has 3 nitrogen and oxygen atoms in total. The van der Waals surface area contributed by atoms with Crippen LogP contribution in [-0.2, 0) is 6.54 Å². The van der Waals surface area contributed by atoms with E-state index in [2.05, 4.69) is 31.7 Å². The Hall–Kier alpha value is -1.37. The summed E-state index contributed by atoms with van der Waals surface area (Å²) < 4.78 is 0. The molecule has 0 amide bonds. The number of hydrogen-bond donors (Lipinski definition) is 1. The molecular formula is C16H25N3. The minimum absolute atomic E-state index is 0.141. The molecule has 104 valence electrons. The van der Waals surface area contributed by atoms with Crippen molar-refractivity contribution in [3.05, 3.63) is 35.4 Å². The molecule has 0 spiro atoms. The number of hydrogen-bond acceptors (Lipinski definition) is 3. The van der Waals surface area contributed by atoms with Gasteiger partial charge in [0.25, 0.3) is 0 Å². The van der Waals surface area contributed by atoms with Gasteiger partial charge in [-0.05, 0) is 42.6 Å². The molecule has 0 bridgehead atoms. The summed E-state index contributed by atoms with van der Waals surface area (Å²) in [4.78, 5) is 2.44. The predicted molar refractivity (Wildman–Crippen MR) is 79.6 cm³/mol. The van der Waals surface area contributed by atoms with Gasteiger partial charge in [0.05, 0.1) is 11.6 Å². The molecule has 0 saturated carbocycles. The number of nitriles is 1. The standard InChI is InChI=1S/C16H25N3/c1-4-9-19(13-16(2,3)12-18)11-15-7-5-14(10-17)6-8-15/h5-8H,4,9,11-13,18H2,1-3H3. The van der Waals surface area contributed by atoms with E-state index in [1.54, 1.807) is 0 Å². The van der Waals surface area contributed by atoms with Crippen molar-refractivity contribution in [3.8, 4) is 6.07 Å². The lowest BCUT2D eigenvalue weighted by molar-refractivity contribution is 0.176. The summed E-state index contributed by atoms with van der Waals surface area (Å²) in [7, 11) is 0. The number of nitrogens with zero attached hydrogens (tertiary/aromatic N) is 2. The van der Waals surface area contributed by atoms with Crippen LogP contribution in [0.3, 0.4) is 0 Å². The summed E-state index contributed by atoms with van der Waals surface area (Å²) in [5, 5.41) is 8.81. The Morgan fingerprint density at radius 2 is 1.89 bits per heavy atom. The minimum atomic E-state index is 0.141. The molecule has 2 N–H and O–H groups in total. The summed E-state index contributed by atoms with van der Waals surface area (Å²) in [5.41, 5.74) is 7.93. The Bertz CT molecular complexity index is 415. The van der Waals surface area contributed by atoms with Crippen LogP contribution < -0.4 is 5.73 Å². The van der Waals surface area contributed by atoms with Crippen LogP contribution in [0.4, 0.5) is 0 Å². The van der Waals surface area contributed by atoms with Crippen LogP contribution in [0.25, 0.3) is 0 Å². The number of rotatable bonds is 7. The number of nitrogens with two attached hydrogens (primary N) is 1. The first-order valence-corrected chi connectivity index (χ1v) is 6.92. The molecule has 0 aliphatic heterocycles. The molecule has 19 heavy (non-hydrogen) atoms. The quantitative estimate of drug-likeness (QED) is 0.819. The van der Waals surface area contributed by atoms with Crippen LogP contribution in [-0.4, -0.2) is 24.5 Å². The Balaban J connectivity index is 2.69. The third-order valence-corrected chi connectivity index (χ3v) is 3.23. The largest absolute Gasteiger partial charge is 0.330 e. The normalized spacial score (nSPS) is 11.6. The van der Waals surface area contributed by atoms with Crippen LogP contribution in [0.15, 0.2) is 24.3 Å². The van der Waals surface area contributed by atoms with Gasteiger partial charge in [-0.15, -0.1) is 0 Å². The van der Waals surface area contributed by atoms with Crippen LogP contribution in [0.2, 0.25) is 0 Å². The first kappa shape index (κ1) is 15.7. The third kappa shape index (κ3) is 5.42. The van der Waals surface area contributed by atoms with Crippen molar-refractivity contribution in [1.82, 2.24) is 4.90 Å². The third-order valence-electron chi connectivity index (χ3n) is 3.23. The van der Waals surface area contributed by atoms with Gasteiger partial charge in [0, 0.05) is 13.1 Å². The fraction of sp³-hybridized carbons (Fsp3) is 0.562. The Morgan fingerprint density at radius 3 is 2.37 bits per heavy atom. The highest BCUT2D eigenvalue weighted by atomic mass is 15.1. The van der Waals surface area contributed by atoms with Crippen LogP contribution >= 0.6 is 0 Å². The second kappa shape index (κ2) is 7.28. The van der Waals surface area contributed by atoms with Gasteiger partial charge in [0.2, 0.25) is 0 Å². The molecule has 1 rings (SSSR count). The first-order valence-electron chi connectivity index (χ1n) is 6.92. The molecule has 1 aromatic rings. The zero-order valence-corrected chi connectivity index (χ0v) is 12.3. The lowest BCUT2D eigenvalue weighted by atomic mass is 9.93. The summed E-state index contributed by atoms with van der Waals surface area (Å²) in [6.45, 7) is 10.3. The molecule has 0 fully saturated rings. The molecule has 0 atom stereocenters. The zero-order valence-electron chi connectivity index (χ0n) is 12.3. The van der Waals surface area contributed by atoms with Crippen molar-refractivity contribution >= 4 is 0 Å². The Kier molecular flexibility index (Phi) is 6.01. The van der Waals surface area contributed by atoms with Gasteiger partial charge < -0.3 is 5.73 Å². The van der Waals surface area contributed by atoms with Crippen molar-refractivity contribution in [2.45, 2.75) is 33.7 Å². The Morgan fingerprint density at radius 1 is 1.26 bits per heavy atom. The van der Waals surface area contributed by atoms with Crippen LogP contribution in [0, 0.1) is 16.7 Å². The van der Waals surface area contributed by atoms with Gasteiger partial charge in [-0.2, -0.15) is 5.26 Å². The van der Waals surface area contributed by atoms with Gasteiger partial charge in [-0.1, -0.05) is 32.9 Å². The molecule has 0 unspecified atom stereocenters. The fourth-order valence-electron chi connectivity index (χ4n) is 2.14. The highest BCUT2D eigenvalue weighted by Crippen LogP contribution is 2.17. The SMILES string of the molecule is CCCN(Cc1ccc(C#N)cc1)CC(C)(C)CN. The average Bonchev–Trinajstić information content (AvgIpc) is 2.39. The second-order valence-corrected chi connectivity index (χ2v) is 5.89. The maximum atomic E-state index is 8.81. The van der Waals surface area contributed by atoms with Crippen molar-refractivity contribution in [2.75, 3.05) is 19.6 Å². The summed E-state index contributed by atoms with van der Waals surface area (Å²) in [6, 6.07) is 9.99. The monoisotopic (exact) mass is 259 g/mol. The average molecular weight is 259 g/mol. The van der Waals surface area contributed by atoms with Gasteiger partial charge in [0.15, 0.2) is 0 Å². The minimum Gasteiger partial charge on any atom is -0.330 e. The molecule has 3 heteroatoms. The molecule has 0 aliphatic carbocycles. The molecule has 1 aromatic carbocycles. The highest BCUT2D eigenvalue weighted by Gasteiger charge is 2.19. The van der Waals surface area contributed by atoms with Gasteiger partial charge >= 0.3 is 0 Å². The molecule has 0 aliphatic rings. The smallest absolute Gasteiger partial charge is 0.0991 e. The van der Waals surface area contributed by atoms with Crippen LogP contribution in [0.1, 0.15) is 38.3 Å². The summed E-state index contributed by atoms with van der Waals surface area (Å²) >= 11 is 0. The van der Waals surface area contributed by atoms with Crippen molar-refractivity contribution in [2.24, 2.45) is 11.1 Å². The Labute approximate surface area is 117 Å².